The van der Waals surface area contributed by atoms with Crippen molar-refractivity contribution in [3.63, 3.8) is 0 Å². The van der Waals surface area contributed by atoms with Gasteiger partial charge in [-0.3, -0.25) is 4.79 Å². The van der Waals surface area contributed by atoms with E-state index in [1.165, 1.54) is 0 Å². The molecule has 0 radical (unpaired) electrons. The summed E-state index contributed by atoms with van der Waals surface area (Å²) in [7, 11) is 0. The molecule has 6 nitrogen and oxygen atoms in total. The molecule has 1 saturated heterocycles. The predicted octanol–water partition coefficient (Wildman–Crippen LogP) is 1.85. The minimum Gasteiger partial charge on any atom is -0.396 e. The van der Waals surface area contributed by atoms with Crippen LogP contribution in [0.1, 0.15) is 34.4 Å². The Morgan fingerprint density at radius 2 is 2.38 bits per heavy atom. The zero-order valence-electron chi connectivity index (χ0n) is 13.7. The molecule has 7 heteroatoms. The third-order valence-electron chi connectivity index (χ3n) is 4.24. The fourth-order valence-electron chi connectivity index (χ4n) is 2.75. The average Bonchev–Trinajstić information content (AvgIpc) is 3.29. The van der Waals surface area contributed by atoms with Crippen LogP contribution in [0.25, 0.3) is 0 Å². The molecule has 2 aromatic heterocycles. The van der Waals surface area contributed by atoms with Crippen LogP contribution in [0.15, 0.2) is 23.7 Å². The van der Waals surface area contributed by atoms with E-state index in [0.717, 1.165) is 42.5 Å². The number of hydrogen-bond donors (Lipinski definition) is 2. The molecular weight excluding hydrogens is 324 g/mol. The summed E-state index contributed by atoms with van der Waals surface area (Å²) >= 11 is 1.56. The summed E-state index contributed by atoms with van der Waals surface area (Å²) in [6.45, 7) is 4.43. The van der Waals surface area contributed by atoms with Gasteiger partial charge < -0.3 is 15.3 Å². The van der Waals surface area contributed by atoms with E-state index in [1.807, 2.05) is 11.4 Å². The number of aliphatic hydroxyl groups is 1. The normalized spacial score (nSPS) is 17.2. The quantitative estimate of drug-likeness (QED) is 0.835. The molecule has 1 fully saturated rings. The zero-order chi connectivity index (χ0) is 16.9. The summed E-state index contributed by atoms with van der Waals surface area (Å²) in [5.74, 6) is 1.04. The van der Waals surface area contributed by atoms with Gasteiger partial charge in [0.15, 0.2) is 0 Å². The van der Waals surface area contributed by atoms with Gasteiger partial charge in [-0.15, -0.1) is 11.3 Å². The highest BCUT2D eigenvalue weighted by atomic mass is 32.1. The van der Waals surface area contributed by atoms with Crippen LogP contribution in [-0.4, -0.2) is 40.7 Å². The van der Waals surface area contributed by atoms with Crippen molar-refractivity contribution in [2.45, 2.75) is 26.3 Å². The minimum absolute atomic E-state index is 0.142. The molecule has 2 aromatic rings. The van der Waals surface area contributed by atoms with Crippen LogP contribution in [0.5, 0.6) is 0 Å². The lowest BCUT2D eigenvalue weighted by molar-refractivity contribution is 0.0950. The van der Waals surface area contributed by atoms with Gasteiger partial charge in [0, 0.05) is 37.2 Å². The Kier molecular flexibility index (Phi) is 5.42. The molecule has 1 atom stereocenters. The number of aryl methyl sites for hydroxylation is 1. The molecule has 0 aromatic carbocycles. The van der Waals surface area contributed by atoms with Gasteiger partial charge >= 0.3 is 0 Å². The molecule has 3 rings (SSSR count). The molecule has 0 aliphatic carbocycles. The van der Waals surface area contributed by atoms with E-state index in [-0.39, 0.29) is 12.5 Å². The first-order valence-corrected chi connectivity index (χ1v) is 9.11. The Hall–Kier alpha value is -1.99. The standard InChI is InChI=1S/C17H22N4O2S/c1-2-14-11-24-16(20-14)8-19-17(23)13-3-4-15(18-7-13)21-6-5-12(9-21)10-22/h3-4,7,11-12,22H,2,5-6,8-10H2,1H3,(H,19,23)/t12-/m1/s1. The molecule has 1 aliphatic rings. The van der Waals surface area contributed by atoms with E-state index >= 15 is 0 Å². The van der Waals surface area contributed by atoms with Gasteiger partial charge in [0.1, 0.15) is 10.8 Å². The van der Waals surface area contributed by atoms with Crippen LogP contribution in [-0.2, 0) is 13.0 Å². The fourth-order valence-corrected chi connectivity index (χ4v) is 3.56. The SMILES string of the molecule is CCc1csc(CNC(=O)c2ccc(N3CC[C@@H](CO)C3)nc2)n1. The topological polar surface area (TPSA) is 78.4 Å². The second-order valence-corrected chi connectivity index (χ2v) is 6.90. The molecule has 2 N–H and O–H groups in total. The number of aromatic nitrogens is 2. The first-order chi connectivity index (χ1) is 11.7. The van der Waals surface area contributed by atoms with Crippen molar-refractivity contribution in [2.75, 3.05) is 24.6 Å². The van der Waals surface area contributed by atoms with Crippen molar-refractivity contribution in [2.24, 2.45) is 5.92 Å². The minimum atomic E-state index is -0.142. The molecule has 0 saturated carbocycles. The van der Waals surface area contributed by atoms with Crippen LogP contribution in [0, 0.1) is 5.92 Å². The third-order valence-corrected chi connectivity index (χ3v) is 5.14. The van der Waals surface area contributed by atoms with E-state index in [9.17, 15) is 9.90 Å². The number of carbonyl (C=O) groups is 1. The second-order valence-electron chi connectivity index (χ2n) is 5.96. The van der Waals surface area contributed by atoms with E-state index < -0.39 is 0 Å². The van der Waals surface area contributed by atoms with E-state index in [0.29, 0.717) is 18.0 Å². The Morgan fingerprint density at radius 1 is 1.50 bits per heavy atom. The highest BCUT2D eigenvalue weighted by Gasteiger charge is 2.22. The zero-order valence-corrected chi connectivity index (χ0v) is 14.6. The molecular formula is C17H22N4O2S. The van der Waals surface area contributed by atoms with Gasteiger partial charge in [0.05, 0.1) is 17.8 Å². The first kappa shape index (κ1) is 16.9. The molecule has 3 heterocycles. The number of nitrogens with one attached hydrogen (secondary N) is 1. The van der Waals surface area contributed by atoms with Crippen molar-refractivity contribution >= 4 is 23.1 Å². The van der Waals surface area contributed by atoms with Crippen molar-refractivity contribution in [1.29, 1.82) is 0 Å². The second kappa shape index (κ2) is 7.72. The monoisotopic (exact) mass is 346 g/mol. The number of hydrogen-bond acceptors (Lipinski definition) is 6. The summed E-state index contributed by atoms with van der Waals surface area (Å²) in [4.78, 5) is 23.2. The Balaban J connectivity index is 1.55. The number of rotatable bonds is 6. The van der Waals surface area contributed by atoms with Crippen LogP contribution in [0.4, 0.5) is 5.82 Å². The highest BCUT2D eigenvalue weighted by Crippen LogP contribution is 2.21. The van der Waals surface area contributed by atoms with Crippen molar-refractivity contribution in [3.05, 3.63) is 40.0 Å². The maximum atomic E-state index is 12.2. The lowest BCUT2D eigenvalue weighted by Gasteiger charge is -2.17. The van der Waals surface area contributed by atoms with Crippen molar-refractivity contribution < 1.29 is 9.90 Å². The molecule has 1 aliphatic heterocycles. The smallest absolute Gasteiger partial charge is 0.253 e. The lowest BCUT2D eigenvalue weighted by Crippen LogP contribution is -2.24. The van der Waals surface area contributed by atoms with Gasteiger partial charge in [-0.05, 0) is 25.0 Å². The van der Waals surface area contributed by atoms with E-state index in [1.54, 1.807) is 23.6 Å². The number of aliphatic hydroxyl groups excluding tert-OH is 1. The molecule has 0 bridgehead atoms. The van der Waals surface area contributed by atoms with Gasteiger partial charge in [-0.2, -0.15) is 0 Å². The predicted molar refractivity (Wildman–Crippen MR) is 94.3 cm³/mol. The summed E-state index contributed by atoms with van der Waals surface area (Å²) in [6.07, 6.45) is 3.49. The molecule has 0 unspecified atom stereocenters. The number of anilines is 1. The summed E-state index contributed by atoms with van der Waals surface area (Å²) in [6, 6.07) is 3.66. The average molecular weight is 346 g/mol. The largest absolute Gasteiger partial charge is 0.396 e. The Morgan fingerprint density at radius 3 is 3.00 bits per heavy atom. The van der Waals surface area contributed by atoms with E-state index in [4.69, 9.17) is 0 Å². The van der Waals surface area contributed by atoms with Crippen molar-refractivity contribution in [1.82, 2.24) is 15.3 Å². The van der Waals surface area contributed by atoms with Gasteiger partial charge in [0.2, 0.25) is 0 Å². The summed E-state index contributed by atoms with van der Waals surface area (Å²) in [5, 5.41) is 15.0. The van der Waals surface area contributed by atoms with Crippen LogP contribution in [0.2, 0.25) is 0 Å². The number of amides is 1. The Bertz CT molecular complexity index is 686. The highest BCUT2D eigenvalue weighted by molar-refractivity contribution is 7.09. The molecule has 0 spiro atoms. The van der Waals surface area contributed by atoms with Crippen LogP contribution >= 0.6 is 11.3 Å². The number of carbonyl (C=O) groups excluding carboxylic acids is 1. The number of thiazole rings is 1. The maximum Gasteiger partial charge on any atom is 0.253 e. The molecule has 128 valence electrons. The molecule has 1 amide bonds. The Labute approximate surface area is 145 Å². The van der Waals surface area contributed by atoms with Crippen LogP contribution in [0.3, 0.4) is 0 Å². The third kappa shape index (κ3) is 3.91. The van der Waals surface area contributed by atoms with Crippen molar-refractivity contribution in [3.8, 4) is 0 Å². The summed E-state index contributed by atoms with van der Waals surface area (Å²) < 4.78 is 0. The number of pyridine rings is 1. The fraction of sp³-hybridized carbons (Fsp3) is 0.471. The summed E-state index contributed by atoms with van der Waals surface area (Å²) in [5.41, 5.74) is 1.60. The maximum absolute atomic E-state index is 12.2. The first-order valence-electron chi connectivity index (χ1n) is 8.23. The number of nitrogens with zero attached hydrogens (tertiary/aromatic N) is 3. The van der Waals surface area contributed by atoms with Gasteiger partial charge in [0.25, 0.3) is 5.91 Å². The molecule has 24 heavy (non-hydrogen) atoms. The van der Waals surface area contributed by atoms with Gasteiger partial charge in [-0.1, -0.05) is 6.92 Å². The van der Waals surface area contributed by atoms with Gasteiger partial charge in [-0.25, -0.2) is 9.97 Å². The van der Waals surface area contributed by atoms with E-state index in [2.05, 4.69) is 27.1 Å². The lowest BCUT2D eigenvalue weighted by atomic mass is 10.1. The van der Waals surface area contributed by atoms with Crippen LogP contribution < -0.4 is 10.2 Å².